The zero-order valence-corrected chi connectivity index (χ0v) is 16.7. The minimum Gasteiger partial charge on any atom is -0.482 e. The number of anilines is 2. The highest BCUT2D eigenvalue weighted by Crippen LogP contribution is 2.35. The van der Waals surface area contributed by atoms with Crippen molar-refractivity contribution in [3.8, 4) is 5.75 Å². The maximum Gasteiger partial charge on any atom is 0.265 e. The monoisotopic (exact) mass is 398 g/mol. The van der Waals surface area contributed by atoms with Gasteiger partial charge in [-0.15, -0.1) is 0 Å². The van der Waals surface area contributed by atoms with Gasteiger partial charge in [0.25, 0.3) is 5.91 Å². The number of amides is 2. The van der Waals surface area contributed by atoms with E-state index in [1.807, 2.05) is 61.5 Å². The van der Waals surface area contributed by atoms with Crippen LogP contribution in [0, 0.1) is 6.92 Å². The average Bonchev–Trinajstić information content (AvgIpc) is 2.76. The molecule has 1 N–H and O–H groups in total. The van der Waals surface area contributed by atoms with Crippen molar-refractivity contribution in [2.24, 2.45) is 0 Å². The summed E-state index contributed by atoms with van der Waals surface area (Å²) in [6.45, 7) is 2.48. The minimum absolute atomic E-state index is 0.00437. The molecule has 0 saturated carbocycles. The first-order chi connectivity index (χ1) is 14.6. The summed E-state index contributed by atoms with van der Waals surface area (Å²) >= 11 is 0. The normalized spacial score (nSPS) is 13.1. The number of rotatable bonds is 5. The van der Waals surface area contributed by atoms with Gasteiger partial charge >= 0.3 is 0 Å². The second-order valence-corrected chi connectivity index (χ2v) is 7.11. The number of carbonyl (C=O) groups excluding carboxylic acids is 2. The van der Waals surface area contributed by atoms with Gasteiger partial charge in [0.05, 0.1) is 12.2 Å². The SMILES string of the molecule is Cc1ccccc1CN1C(=O)COc2ccc(NC(=O)/C=C/c3ccccc3)cc21. The van der Waals surface area contributed by atoms with E-state index in [-0.39, 0.29) is 18.4 Å². The van der Waals surface area contributed by atoms with Crippen molar-refractivity contribution in [1.29, 1.82) is 0 Å². The third kappa shape index (κ3) is 4.41. The summed E-state index contributed by atoms with van der Waals surface area (Å²) in [5.74, 6) is 0.270. The molecule has 0 fully saturated rings. The van der Waals surface area contributed by atoms with Crippen LogP contribution in [0.5, 0.6) is 5.75 Å². The van der Waals surface area contributed by atoms with E-state index in [4.69, 9.17) is 4.74 Å². The molecule has 0 saturated heterocycles. The van der Waals surface area contributed by atoms with E-state index in [0.717, 1.165) is 16.7 Å². The summed E-state index contributed by atoms with van der Waals surface area (Å²) in [5, 5.41) is 2.85. The molecule has 3 aromatic rings. The van der Waals surface area contributed by atoms with Gasteiger partial charge in [0.2, 0.25) is 5.91 Å². The minimum atomic E-state index is -0.243. The van der Waals surface area contributed by atoms with Crippen molar-refractivity contribution < 1.29 is 14.3 Å². The molecule has 150 valence electrons. The first-order valence-corrected chi connectivity index (χ1v) is 9.76. The summed E-state index contributed by atoms with van der Waals surface area (Å²) in [6, 6.07) is 22.9. The molecule has 5 heteroatoms. The molecule has 0 aliphatic carbocycles. The number of ether oxygens (including phenoxy) is 1. The van der Waals surface area contributed by atoms with Crippen LogP contribution in [0.15, 0.2) is 78.9 Å². The van der Waals surface area contributed by atoms with Crippen molar-refractivity contribution in [3.05, 3.63) is 95.6 Å². The predicted octanol–water partition coefficient (Wildman–Crippen LogP) is 4.57. The Morgan fingerprint density at radius 2 is 1.83 bits per heavy atom. The van der Waals surface area contributed by atoms with Crippen molar-refractivity contribution in [2.75, 3.05) is 16.8 Å². The lowest BCUT2D eigenvalue weighted by atomic mass is 10.1. The van der Waals surface area contributed by atoms with Gasteiger partial charge in [0.1, 0.15) is 5.75 Å². The molecule has 4 rings (SSSR count). The van der Waals surface area contributed by atoms with E-state index < -0.39 is 0 Å². The van der Waals surface area contributed by atoms with Crippen molar-refractivity contribution >= 4 is 29.3 Å². The smallest absolute Gasteiger partial charge is 0.265 e. The molecule has 0 aromatic heterocycles. The summed E-state index contributed by atoms with van der Waals surface area (Å²) in [4.78, 5) is 26.6. The van der Waals surface area contributed by atoms with Crippen LogP contribution >= 0.6 is 0 Å². The summed E-state index contributed by atoms with van der Waals surface area (Å²) in [6.07, 6.45) is 3.24. The van der Waals surface area contributed by atoms with Crippen LogP contribution in [-0.2, 0) is 16.1 Å². The van der Waals surface area contributed by atoms with Crippen molar-refractivity contribution in [3.63, 3.8) is 0 Å². The van der Waals surface area contributed by atoms with Gasteiger partial charge in [0.15, 0.2) is 6.61 Å². The van der Waals surface area contributed by atoms with E-state index in [1.54, 1.807) is 29.2 Å². The van der Waals surface area contributed by atoms with Crippen LogP contribution in [0.25, 0.3) is 6.08 Å². The number of hydrogen-bond donors (Lipinski definition) is 1. The van der Waals surface area contributed by atoms with Gasteiger partial charge < -0.3 is 15.0 Å². The highest BCUT2D eigenvalue weighted by molar-refractivity contribution is 6.03. The lowest BCUT2D eigenvalue weighted by molar-refractivity contribution is -0.121. The van der Waals surface area contributed by atoms with Crippen LogP contribution in [0.3, 0.4) is 0 Å². The van der Waals surface area contributed by atoms with Crippen LogP contribution in [0.4, 0.5) is 11.4 Å². The number of nitrogens with zero attached hydrogens (tertiary/aromatic N) is 1. The first-order valence-electron chi connectivity index (χ1n) is 9.76. The molecule has 0 bridgehead atoms. The maximum absolute atomic E-state index is 12.6. The molecule has 1 aliphatic heterocycles. The maximum atomic E-state index is 12.6. The van der Waals surface area contributed by atoms with E-state index in [9.17, 15) is 9.59 Å². The number of aryl methyl sites for hydroxylation is 1. The topological polar surface area (TPSA) is 58.6 Å². The number of carbonyl (C=O) groups is 2. The number of benzene rings is 3. The molecule has 2 amide bonds. The Morgan fingerprint density at radius 3 is 2.63 bits per heavy atom. The fraction of sp³-hybridized carbons (Fsp3) is 0.120. The standard InChI is InChI=1S/C25H22N2O3/c1-18-7-5-6-10-20(18)16-27-22-15-21(12-13-23(22)30-17-25(27)29)26-24(28)14-11-19-8-3-2-4-9-19/h2-15H,16-17H2,1H3,(H,26,28)/b14-11+. The average molecular weight is 398 g/mol. The molecule has 1 aliphatic rings. The van der Waals surface area contributed by atoms with Gasteiger partial charge in [-0.25, -0.2) is 0 Å². The molecule has 0 radical (unpaired) electrons. The van der Waals surface area contributed by atoms with Gasteiger partial charge in [-0.05, 0) is 47.9 Å². The van der Waals surface area contributed by atoms with Crippen molar-refractivity contribution in [1.82, 2.24) is 0 Å². The summed E-state index contributed by atoms with van der Waals surface area (Å²) in [7, 11) is 0. The second kappa shape index (κ2) is 8.66. The van der Waals surface area contributed by atoms with Crippen LogP contribution < -0.4 is 15.0 Å². The largest absolute Gasteiger partial charge is 0.482 e. The number of fused-ring (bicyclic) bond motifs is 1. The third-order valence-electron chi connectivity index (χ3n) is 4.99. The number of nitrogens with one attached hydrogen (secondary N) is 1. The van der Waals surface area contributed by atoms with Gasteiger partial charge in [-0.3, -0.25) is 9.59 Å². The quantitative estimate of drug-likeness (QED) is 0.641. The lowest BCUT2D eigenvalue weighted by Gasteiger charge is -2.30. The molecule has 30 heavy (non-hydrogen) atoms. The van der Waals surface area contributed by atoms with Gasteiger partial charge in [0, 0.05) is 11.8 Å². The molecular formula is C25H22N2O3. The Balaban J connectivity index is 1.54. The summed E-state index contributed by atoms with van der Waals surface area (Å²) in [5.41, 5.74) is 4.39. The molecule has 0 atom stereocenters. The van der Waals surface area contributed by atoms with Gasteiger partial charge in [-0.2, -0.15) is 0 Å². The Bertz CT molecular complexity index is 1110. The highest BCUT2D eigenvalue weighted by Gasteiger charge is 2.26. The van der Waals surface area contributed by atoms with E-state index >= 15 is 0 Å². The molecule has 1 heterocycles. The van der Waals surface area contributed by atoms with E-state index in [2.05, 4.69) is 5.32 Å². The van der Waals surface area contributed by atoms with Crippen LogP contribution in [-0.4, -0.2) is 18.4 Å². The fourth-order valence-corrected chi connectivity index (χ4v) is 3.33. The summed E-state index contributed by atoms with van der Waals surface area (Å²) < 4.78 is 5.58. The van der Waals surface area contributed by atoms with Crippen molar-refractivity contribution in [2.45, 2.75) is 13.5 Å². The molecule has 0 spiro atoms. The molecular weight excluding hydrogens is 376 g/mol. The Morgan fingerprint density at radius 1 is 1.07 bits per heavy atom. The van der Waals surface area contributed by atoms with Gasteiger partial charge in [-0.1, -0.05) is 54.6 Å². The molecule has 3 aromatic carbocycles. The number of hydrogen-bond acceptors (Lipinski definition) is 3. The fourth-order valence-electron chi connectivity index (χ4n) is 3.33. The van der Waals surface area contributed by atoms with E-state index in [0.29, 0.717) is 23.7 Å². The first kappa shape index (κ1) is 19.5. The lowest BCUT2D eigenvalue weighted by Crippen LogP contribution is -2.38. The third-order valence-corrected chi connectivity index (χ3v) is 4.99. The Labute approximate surface area is 175 Å². The van der Waals surface area contributed by atoms with E-state index in [1.165, 1.54) is 6.08 Å². The Kier molecular flexibility index (Phi) is 5.61. The highest BCUT2D eigenvalue weighted by atomic mass is 16.5. The molecule has 0 unspecified atom stereocenters. The van der Waals surface area contributed by atoms with Crippen LogP contribution in [0.2, 0.25) is 0 Å². The molecule has 5 nitrogen and oxygen atoms in total. The van der Waals surface area contributed by atoms with Crippen LogP contribution in [0.1, 0.15) is 16.7 Å². The predicted molar refractivity (Wildman–Crippen MR) is 118 cm³/mol. The Hall–Kier alpha value is -3.86. The second-order valence-electron chi connectivity index (χ2n) is 7.11. The zero-order chi connectivity index (χ0) is 20.9. The zero-order valence-electron chi connectivity index (χ0n) is 16.7.